The number of ether oxygens (including phenoxy) is 3. The van der Waals surface area contributed by atoms with Crippen molar-refractivity contribution < 1.29 is 33.4 Å². The second kappa shape index (κ2) is 9.90. The highest BCUT2D eigenvalue weighted by atomic mass is 16.6. The first kappa shape index (κ1) is 22.2. The maximum absolute atomic E-state index is 12.3. The van der Waals surface area contributed by atoms with Gasteiger partial charge in [-0.3, -0.25) is 0 Å². The number of unbranched alkanes of at least 4 members (excludes halogenated alkanes) is 1. The molecule has 1 aliphatic rings. The van der Waals surface area contributed by atoms with Crippen LogP contribution in [0.3, 0.4) is 0 Å². The zero-order valence-electron chi connectivity index (χ0n) is 16.8. The van der Waals surface area contributed by atoms with Crippen LogP contribution < -0.4 is 5.32 Å². The van der Waals surface area contributed by atoms with Crippen LogP contribution in [0.1, 0.15) is 45.6 Å². The second-order valence-electron chi connectivity index (χ2n) is 7.54. The van der Waals surface area contributed by atoms with E-state index in [0.29, 0.717) is 24.3 Å². The predicted octanol–water partition coefficient (Wildman–Crippen LogP) is 3.37. The van der Waals surface area contributed by atoms with E-state index in [1.54, 1.807) is 45.0 Å². The molecule has 158 valence electrons. The van der Waals surface area contributed by atoms with E-state index in [4.69, 9.17) is 9.47 Å². The zero-order chi connectivity index (χ0) is 21.4. The Morgan fingerprint density at radius 1 is 1.14 bits per heavy atom. The summed E-state index contributed by atoms with van der Waals surface area (Å²) < 4.78 is 14.8. The van der Waals surface area contributed by atoms with Gasteiger partial charge in [0.2, 0.25) is 0 Å². The summed E-state index contributed by atoms with van der Waals surface area (Å²) >= 11 is 0. The molecule has 1 N–H and O–H groups in total. The normalized spacial score (nSPS) is 16.4. The summed E-state index contributed by atoms with van der Waals surface area (Å²) in [6.45, 7) is 5.61. The Hall–Kier alpha value is -3.10. The first-order valence-corrected chi connectivity index (χ1v) is 9.40. The Labute approximate surface area is 169 Å². The molecule has 0 saturated carbocycles. The van der Waals surface area contributed by atoms with Gasteiger partial charge in [0.05, 0.1) is 0 Å². The van der Waals surface area contributed by atoms with Gasteiger partial charge >= 0.3 is 24.2 Å². The molecule has 3 amide bonds. The highest BCUT2D eigenvalue weighted by Gasteiger charge is 2.45. The molecule has 29 heavy (non-hydrogen) atoms. The second-order valence-corrected chi connectivity index (χ2v) is 7.54. The fraction of sp³-hybridized carbons (Fsp3) is 0.500. The third-order valence-electron chi connectivity index (χ3n) is 3.94. The van der Waals surface area contributed by atoms with Crippen molar-refractivity contribution in [1.29, 1.82) is 0 Å². The summed E-state index contributed by atoms with van der Waals surface area (Å²) in [6, 6.07) is 7.93. The molecule has 1 atom stereocenters. The van der Waals surface area contributed by atoms with E-state index in [1.807, 2.05) is 6.07 Å². The van der Waals surface area contributed by atoms with E-state index >= 15 is 0 Å². The number of imide groups is 1. The number of rotatable bonds is 7. The standard InChI is InChI=1S/C20H26N2O7/c1-20(2,3)29-17(24)21-12-8-7-11-15-16(23)28-19(26)22(15)18(25)27-13-14-9-5-4-6-10-14/h4-6,9-10,15H,7-8,11-13H2,1-3H3,(H,21,24)/t15-/m0/s1. The molecular formula is C20H26N2O7. The van der Waals surface area contributed by atoms with Gasteiger partial charge in [-0.25, -0.2) is 19.2 Å². The third-order valence-corrected chi connectivity index (χ3v) is 3.94. The average molecular weight is 406 g/mol. The molecule has 1 aromatic rings. The first-order chi connectivity index (χ1) is 13.7. The van der Waals surface area contributed by atoms with Crippen molar-refractivity contribution in [3.8, 4) is 0 Å². The van der Waals surface area contributed by atoms with Gasteiger partial charge < -0.3 is 19.5 Å². The van der Waals surface area contributed by atoms with E-state index < -0.39 is 35.9 Å². The summed E-state index contributed by atoms with van der Waals surface area (Å²) in [5.74, 6) is -0.785. The number of carbonyl (C=O) groups is 4. The lowest BCUT2D eigenvalue weighted by atomic mass is 10.1. The minimum Gasteiger partial charge on any atom is -0.444 e. The van der Waals surface area contributed by atoms with Crippen molar-refractivity contribution in [3.05, 3.63) is 35.9 Å². The number of cyclic esters (lactones) is 2. The molecular weight excluding hydrogens is 380 g/mol. The van der Waals surface area contributed by atoms with Gasteiger partial charge in [-0.1, -0.05) is 30.3 Å². The topological polar surface area (TPSA) is 111 Å². The van der Waals surface area contributed by atoms with Crippen LogP contribution in [0.25, 0.3) is 0 Å². The lowest BCUT2D eigenvalue weighted by Crippen LogP contribution is -2.40. The van der Waals surface area contributed by atoms with E-state index in [1.165, 1.54) is 0 Å². The number of benzene rings is 1. The van der Waals surface area contributed by atoms with Crippen molar-refractivity contribution in [2.45, 2.75) is 58.3 Å². The molecule has 1 fully saturated rings. The quantitative estimate of drug-likeness (QED) is 0.320. The fourth-order valence-electron chi connectivity index (χ4n) is 2.64. The van der Waals surface area contributed by atoms with Crippen molar-refractivity contribution in [2.24, 2.45) is 0 Å². The molecule has 0 bridgehead atoms. The number of carbonyl (C=O) groups excluding carboxylic acids is 4. The van der Waals surface area contributed by atoms with Crippen LogP contribution >= 0.6 is 0 Å². The molecule has 0 spiro atoms. The van der Waals surface area contributed by atoms with Crippen molar-refractivity contribution >= 4 is 24.2 Å². The van der Waals surface area contributed by atoms with E-state index in [9.17, 15) is 19.2 Å². The molecule has 0 aliphatic carbocycles. The Bertz CT molecular complexity index is 743. The van der Waals surface area contributed by atoms with Crippen molar-refractivity contribution in [2.75, 3.05) is 6.54 Å². The molecule has 9 nitrogen and oxygen atoms in total. The van der Waals surface area contributed by atoms with E-state index in [2.05, 4.69) is 10.1 Å². The number of esters is 1. The maximum atomic E-state index is 12.3. The van der Waals surface area contributed by atoms with Gasteiger partial charge in [0.15, 0.2) is 0 Å². The smallest absolute Gasteiger partial charge is 0.427 e. The van der Waals surface area contributed by atoms with Crippen LogP contribution in [0.15, 0.2) is 30.3 Å². The van der Waals surface area contributed by atoms with Crippen LogP contribution in [0.5, 0.6) is 0 Å². The number of hydrogen-bond donors (Lipinski definition) is 1. The Morgan fingerprint density at radius 2 is 1.83 bits per heavy atom. The summed E-state index contributed by atoms with van der Waals surface area (Å²) in [5, 5.41) is 2.61. The summed E-state index contributed by atoms with van der Waals surface area (Å²) in [5.41, 5.74) is 0.170. The van der Waals surface area contributed by atoms with E-state index in [-0.39, 0.29) is 13.0 Å². The lowest BCUT2D eigenvalue weighted by Gasteiger charge is -2.20. The third kappa shape index (κ3) is 7.10. The number of alkyl carbamates (subject to hydrolysis) is 1. The monoisotopic (exact) mass is 406 g/mol. The zero-order valence-corrected chi connectivity index (χ0v) is 16.8. The van der Waals surface area contributed by atoms with Gasteiger partial charge in [-0.05, 0) is 45.6 Å². The minimum absolute atomic E-state index is 0.0236. The maximum Gasteiger partial charge on any atom is 0.427 e. The molecule has 1 heterocycles. The number of hydrogen-bond acceptors (Lipinski definition) is 7. The van der Waals surface area contributed by atoms with Gasteiger partial charge in [0.1, 0.15) is 18.2 Å². The summed E-state index contributed by atoms with van der Waals surface area (Å²) in [4.78, 5) is 48.3. The lowest BCUT2D eigenvalue weighted by molar-refractivity contribution is -0.136. The fourth-order valence-corrected chi connectivity index (χ4v) is 2.64. The molecule has 0 aromatic heterocycles. The molecule has 1 saturated heterocycles. The highest BCUT2D eigenvalue weighted by molar-refractivity contribution is 6.03. The number of nitrogens with zero attached hydrogens (tertiary/aromatic N) is 1. The van der Waals surface area contributed by atoms with Gasteiger partial charge in [0, 0.05) is 6.54 Å². The van der Waals surface area contributed by atoms with Crippen molar-refractivity contribution in [1.82, 2.24) is 10.2 Å². The van der Waals surface area contributed by atoms with Crippen LogP contribution in [0.4, 0.5) is 14.4 Å². The molecule has 9 heteroatoms. The Kier molecular flexibility index (Phi) is 7.58. The number of amides is 3. The van der Waals surface area contributed by atoms with Crippen LogP contribution in [0.2, 0.25) is 0 Å². The minimum atomic E-state index is -1.04. The Balaban J connectivity index is 1.78. The summed E-state index contributed by atoms with van der Waals surface area (Å²) in [7, 11) is 0. The van der Waals surface area contributed by atoms with E-state index in [0.717, 1.165) is 5.56 Å². The van der Waals surface area contributed by atoms with Crippen LogP contribution in [-0.2, 0) is 25.6 Å². The molecule has 0 radical (unpaired) electrons. The number of nitrogens with one attached hydrogen (secondary N) is 1. The van der Waals surface area contributed by atoms with Gasteiger partial charge in [0.25, 0.3) is 0 Å². The molecule has 1 aliphatic heterocycles. The average Bonchev–Trinajstić information content (AvgIpc) is 2.92. The van der Waals surface area contributed by atoms with Crippen LogP contribution in [0, 0.1) is 0 Å². The largest absolute Gasteiger partial charge is 0.444 e. The predicted molar refractivity (Wildman–Crippen MR) is 102 cm³/mol. The molecule has 2 rings (SSSR count). The van der Waals surface area contributed by atoms with Gasteiger partial charge in [-0.2, -0.15) is 4.90 Å². The van der Waals surface area contributed by atoms with Crippen LogP contribution in [-0.4, -0.2) is 47.3 Å². The molecule has 1 aromatic carbocycles. The molecule has 0 unspecified atom stereocenters. The first-order valence-electron chi connectivity index (χ1n) is 9.40. The highest BCUT2D eigenvalue weighted by Crippen LogP contribution is 2.21. The summed E-state index contributed by atoms with van der Waals surface area (Å²) in [6.07, 6.45) is -1.28. The van der Waals surface area contributed by atoms with Gasteiger partial charge in [-0.15, -0.1) is 0 Å². The Morgan fingerprint density at radius 3 is 2.48 bits per heavy atom. The SMILES string of the molecule is CC(C)(C)OC(=O)NCCCC[C@H]1C(=O)OC(=O)N1C(=O)OCc1ccccc1. The van der Waals surface area contributed by atoms with Crippen molar-refractivity contribution in [3.63, 3.8) is 0 Å².